The van der Waals surface area contributed by atoms with Gasteiger partial charge in [-0.25, -0.2) is 9.97 Å². The number of hydrogen-bond donors (Lipinski definition) is 0. The van der Waals surface area contributed by atoms with Crippen LogP contribution in [-0.2, 0) is 0 Å². The zero-order chi connectivity index (χ0) is 20.7. The number of aromatic nitrogens is 2. The molecule has 0 bridgehead atoms. The predicted molar refractivity (Wildman–Crippen MR) is 123 cm³/mol. The van der Waals surface area contributed by atoms with Crippen LogP contribution in [0.3, 0.4) is 0 Å². The highest BCUT2D eigenvalue weighted by atomic mass is 16.5. The average Bonchev–Trinajstić information content (AvgIpc) is 3.64. The molecule has 0 atom stereocenters. The minimum absolute atomic E-state index is 0.544. The first-order valence-electron chi connectivity index (χ1n) is 10.8. The second-order valence-corrected chi connectivity index (χ2v) is 8.45. The lowest BCUT2D eigenvalue weighted by molar-refractivity contribution is 0.415. The van der Waals surface area contributed by atoms with Gasteiger partial charge in [-0.2, -0.15) is 0 Å². The zero-order valence-corrected chi connectivity index (χ0v) is 18.0. The van der Waals surface area contributed by atoms with Gasteiger partial charge in [-0.3, -0.25) is 0 Å². The van der Waals surface area contributed by atoms with Crippen molar-refractivity contribution in [2.75, 3.05) is 62.1 Å². The predicted octanol–water partition coefficient (Wildman–Crippen LogP) is 3.91. The highest BCUT2D eigenvalue weighted by molar-refractivity contribution is 5.92. The summed E-state index contributed by atoms with van der Waals surface area (Å²) in [7, 11) is 5.86. The molecule has 2 heterocycles. The number of ether oxygens (including phenoxy) is 1. The maximum absolute atomic E-state index is 5.29. The van der Waals surface area contributed by atoms with Crippen molar-refractivity contribution in [3.8, 4) is 5.75 Å². The number of nitrogens with zero attached hydrogens (tertiary/aromatic N) is 5. The summed E-state index contributed by atoms with van der Waals surface area (Å²) in [5.41, 5.74) is 3.49. The van der Waals surface area contributed by atoms with Crippen molar-refractivity contribution in [3.63, 3.8) is 0 Å². The van der Waals surface area contributed by atoms with E-state index >= 15 is 0 Å². The second-order valence-electron chi connectivity index (χ2n) is 8.45. The summed E-state index contributed by atoms with van der Waals surface area (Å²) in [5.74, 6) is 3.56. The lowest BCUT2D eigenvalue weighted by Gasteiger charge is -2.37. The molecular formula is C24H29N5O. The molecule has 2 aromatic carbocycles. The van der Waals surface area contributed by atoms with Crippen molar-refractivity contribution >= 4 is 28.1 Å². The number of methoxy groups -OCH3 is 1. The number of hydrogen-bond acceptors (Lipinski definition) is 6. The lowest BCUT2D eigenvalue weighted by Crippen LogP contribution is -2.47. The molecule has 0 spiro atoms. The van der Waals surface area contributed by atoms with E-state index in [4.69, 9.17) is 14.7 Å². The molecule has 1 saturated heterocycles. The van der Waals surface area contributed by atoms with Crippen molar-refractivity contribution in [1.82, 2.24) is 9.97 Å². The molecule has 156 valence electrons. The van der Waals surface area contributed by atoms with Gasteiger partial charge < -0.3 is 19.4 Å². The van der Waals surface area contributed by atoms with Crippen LogP contribution in [0.1, 0.15) is 24.6 Å². The lowest BCUT2D eigenvalue weighted by atomic mass is 10.1. The third-order valence-corrected chi connectivity index (χ3v) is 6.15. The summed E-state index contributed by atoms with van der Waals surface area (Å²) in [4.78, 5) is 17.0. The van der Waals surface area contributed by atoms with E-state index in [0.29, 0.717) is 5.92 Å². The molecule has 30 heavy (non-hydrogen) atoms. The largest absolute Gasteiger partial charge is 0.497 e. The molecule has 1 aromatic heterocycles. The van der Waals surface area contributed by atoms with Crippen LogP contribution in [-0.4, -0.2) is 57.4 Å². The van der Waals surface area contributed by atoms with Gasteiger partial charge in [0, 0.05) is 63.0 Å². The molecule has 1 aliphatic carbocycles. The van der Waals surface area contributed by atoms with Crippen LogP contribution >= 0.6 is 0 Å². The van der Waals surface area contributed by atoms with Gasteiger partial charge in [0.25, 0.3) is 0 Å². The quantitative estimate of drug-likeness (QED) is 0.644. The fourth-order valence-corrected chi connectivity index (χ4v) is 4.13. The average molecular weight is 404 g/mol. The SMILES string of the molecule is COc1ccc(N2CCN(c3nc(C4CC4)nc4ccc(N(C)C)cc34)CC2)cc1. The number of anilines is 3. The topological polar surface area (TPSA) is 44.7 Å². The molecule has 0 unspecified atom stereocenters. The molecular weight excluding hydrogens is 374 g/mol. The van der Waals surface area contributed by atoms with E-state index in [2.05, 4.69) is 59.1 Å². The fraction of sp³-hybridized carbons (Fsp3) is 0.417. The molecule has 1 aliphatic heterocycles. The molecule has 0 radical (unpaired) electrons. The van der Waals surface area contributed by atoms with Gasteiger partial charge >= 0.3 is 0 Å². The van der Waals surface area contributed by atoms with E-state index < -0.39 is 0 Å². The summed E-state index contributed by atoms with van der Waals surface area (Å²) in [6.07, 6.45) is 2.43. The molecule has 2 aliphatic rings. The van der Waals surface area contributed by atoms with E-state index in [1.54, 1.807) is 7.11 Å². The zero-order valence-electron chi connectivity index (χ0n) is 18.0. The number of fused-ring (bicyclic) bond motifs is 1. The minimum atomic E-state index is 0.544. The minimum Gasteiger partial charge on any atom is -0.497 e. The smallest absolute Gasteiger partial charge is 0.140 e. The van der Waals surface area contributed by atoms with Crippen molar-refractivity contribution in [2.45, 2.75) is 18.8 Å². The highest BCUT2D eigenvalue weighted by Crippen LogP contribution is 2.40. The summed E-state index contributed by atoms with van der Waals surface area (Å²) in [6, 6.07) is 14.9. The van der Waals surface area contributed by atoms with Gasteiger partial charge in [0.05, 0.1) is 12.6 Å². The summed E-state index contributed by atoms with van der Waals surface area (Å²) < 4.78 is 5.29. The normalized spacial score (nSPS) is 16.8. The van der Waals surface area contributed by atoms with E-state index in [0.717, 1.165) is 54.5 Å². The summed E-state index contributed by atoms with van der Waals surface area (Å²) in [6.45, 7) is 3.86. The van der Waals surface area contributed by atoms with Crippen LogP contribution in [0.25, 0.3) is 10.9 Å². The van der Waals surface area contributed by atoms with Crippen molar-refractivity contribution < 1.29 is 4.74 Å². The third kappa shape index (κ3) is 3.62. The number of rotatable bonds is 5. The van der Waals surface area contributed by atoms with Crippen LogP contribution in [0.2, 0.25) is 0 Å². The highest BCUT2D eigenvalue weighted by Gasteiger charge is 2.29. The van der Waals surface area contributed by atoms with Gasteiger partial charge in [-0.05, 0) is 55.3 Å². The fourth-order valence-electron chi connectivity index (χ4n) is 4.13. The Morgan fingerprint density at radius 2 is 1.60 bits per heavy atom. The van der Waals surface area contributed by atoms with Crippen LogP contribution in [0, 0.1) is 0 Å². The van der Waals surface area contributed by atoms with Gasteiger partial charge in [-0.1, -0.05) is 0 Å². The van der Waals surface area contributed by atoms with Crippen LogP contribution in [0.15, 0.2) is 42.5 Å². The van der Waals surface area contributed by atoms with E-state index in [9.17, 15) is 0 Å². The summed E-state index contributed by atoms with van der Waals surface area (Å²) >= 11 is 0. The third-order valence-electron chi connectivity index (χ3n) is 6.15. The molecule has 3 aromatic rings. The van der Waals surface area contributed by atoms with Crippen LogP contribution in [0.5, 0.6) is 5.75 Å². The first-order valence-corrected chi connectivity index (χ1v) is 10.8. The summed E-state index contributed by atoms with van der Waals surface area (Å²) in [5, 5.41) is 1.16. The maximum Gasteiger partial charge on any atom is 0.140 e. The van der Waals surface area contributed by atoms with E-state index in [1.807, 2.05) is 12.1 Å². The maximum atomic E-state index is 5.29. The van der Waals surface area contributed by atoms with Crippen molar-refractivity contribution in [2.24, 2.45) is 0 Å². The molecule has 5 rings (SSSR count). The Kier molecular flexibility index (Phi) is 4.85. The Hall–Kier alpha value is -3.02. The van der Waals surface area contributed by atoms with Crippen LogP contribution in [0.4, 0.5) is 17.2 Å². The number of piperazine rings is 1. The van der Waals surface area contributed by atoms with Crippen molar-refractivity contribution in [3.05, 3.63) is 48.3 Å². The molecule has 6 heteroatoms. The molecule has 2 fully saturated rings. The van der Waals surface area contributed by atoms with Gasteiger partial charge in [-0.15, -0.1) is 0 Å². The second kappa shape index (κ2) is 7.67. The number of benzene rings is 2. The van der Waals surface area contributed by atoms with Crippen LogP contribution < -0.4 is 19.4 Å². The van der Waals surface area contributed by atoms with E-state index in [-0.39, 0.29) is 0 Å². The Balaban J connectivity index is 1.43. The van der Waals surface area contributed by atoms with Gasteiger partial charge in [0.15, 0.2) is 0 Å². The molecule has 6 nitrogen and oxygen atoms in total. The first kappa shape index (κ1) is 19.0. The Labute approximate surface area is 178 Å². The molecule has 1 saturated carbocycles. The Morgan fingerprint density at radius 1 is 0.900 bits per heavy atom. The standard InChI is InChI=1S/C24H29N5O/c1-27(2)19-8-11-22-21(16-19)24(26-23(25-22)17-4-5-17)29-14-12-28(13-15-29)18-6-9-20(30-3)10-7-18/h6-11,16-17H,4-5,12-15H2,1-3H3. The first-order chi connectivity index (χ1) is 14.6. The van der Waals surface area contributed by atoms with E-state index in [1.165, 1.54) is 24.2 Å². The molecule has 0 N–H and O–H groups in total. The van der Waals surface area contributed by atoms with Crippen molar-refractivity contribution in [1.29, 1.82) is 0 Å². The monoisotopic (exact) mass is 403 g/mol. The van der Waals surface area contributed by atoms with Gasteiger partial charge in [0.1, 0.15) is 17.4 Å². The molecule has 0 amide bonds. The van der Waals surface area contributed by atoms with Gasteiger partial charge in [0.2, 0.25) is 0 Å². The Bertz CT molecular complexity index is 1040. The Morgan fingerprint density at radius 3 is 2.23 bits per heavy atom.